The van der Waals surface area contributed by atoms with Crippen LogP contribution in [0.1, 0.15) is 23.2 Å². The summed E-state index contributed by atoms with van der Waals surface area (Å²) in [6.45, 7) is 1.95. The molecular weight excluding hydrogens is 316 g/mol. The van der Waals surface area contributed by atoms with Gasteiger partial charge in [-0.15, -0.1) is 0 Å². The molecule has 3 rings (SSSR count). The lowest BCUT2D eigenvalue weighted by atomic mass is 10.2. The number of anilines is 2. The Bertz CT molecular complexity index is 731. The Labute approximate surface area is 147 Å². The Morgan fingerprint density at radius 2 is 1.84 bits per heavy atom. The smallest absolute Gasteiger partial charge is 0.253 e. The number of hydrogen-bond donors (Lipinski definition) is 1. The number of carbonyl (C=O) groups excluding carboxylic acids is 2. The molecule has 1 aromatic carbocycles. The topological polar surface area (TPSA) is 65.5 Å². The zero-order valence-electron chi connectivity index (χ0n) is 14.3. The maximum absolute atomic E-state index is 12.5. The normalized spacial score (nSPS) is 13.8. The van der Waals surface area contributed by atoms with Gasteiger partial charge in [0.1, 0.15) is 0 Å². The monoisotopic (exact) mass is 338 g/mol. The van der Waals surface area contributed by atoms with Crippen LogP contribution in [-0.2, 0) is 4.79 Å². The first-order valence-corrected chi connectivity index (χ1v) is 8.44. The number of benzene rings is 1. The first-order valence-electron chi connectivity index (χ1n) is 8.44. The summed E-state index contributed by atoms with van der Waals surface area (Å²) in [4.78, 5) is 31.6. The van der Waals surface area contributed by atoms with Crippen LogP contribution in [-0.4, -0.2) is 53.3 Å². The van der Waals surface area contributed by atoms with Gasteiger partial charge in [0.05, 0.1) is 0 Å². The van der Waals surface area contributed by atoms with Crippen molar-refractivity contribution in [3.05, 3.63) is 54.4 Å². The van der Waals surface area contributed by atoms with E-state index in [4.69, 9.17) is 0 Å². The van der Waals surface area contributed by atoms with Gasteiger partial charge in [0, 0.05) is 62.4 Å². The SMILES string of the molecule is CN(CCN1CCCC1=O)C(=O)c1ccc(Nc2ccncc2)cc1. The summed E-state index contributed by atoms with van der Waals surface area (Å²) in [5.41, 5.74) is 2.49. The van der Waals surface area contributed by atoms with Crippen molar-refractivity contribution in [3.8, 4) is 0 Å². The van der Waals surface area contributed by atoms with Crippen molar-refractivity contribution in [2.24, 2.45) is 0 Å². The van der Waals surface area contributed by atoms with Crippen LogP contribution in [0.15, 0.2) is 48.8 Å². The summed E-state index contributed by atoms with van der Waals surface area (Å²) in [7, 11) is 1.77. The van der Waals surface area contributed by atoms with Crippen LogP contribution in [0.4, 0.5) is 11.4 Å². The second kappa shape index (κ2) is 7.79. The number of likely N-dealkylation sites (N-methyl/N-ethyl adjacent to an activating group) is 1. The van der Waals surface area contributed by atoms with Crippen LogP contribution in [0.3, 0.4) is 0 Å². The predicted molar refractivity (Wildman–Crippen MR) is 96.7 cm³/mol. The van der Waals surface area contributed by atoms with E-state index in [1.54, 1.807) is 24.3 Å². The molecule has 0 atom stereocenters. The van der Waals surface area contributed by atoms with Gasteiger partial charge in [-0.3, -0.25) is 14.6 Å². The van der Waals surface area contributed by atoms with Gasteiger partial charge in [0.15, 0.2) is 0 Å². The Hall–Kier alpha value is -2.89. The molecule has 1 aliphatic heterocycles. The third-order valence-corrected chi connectivity index (χ3v) is 4.32. The van der Waals surface area contributed by atoms with Crippen LogP contribution in [0.25, 0.3) is 0 Å². The highest BCUT2D eigenvalue weighted by Gasteiger charge is 2.21. The number of carbonyl (C=O) groups is 2. The molecule has 6 nitrogen and oxygen atoms in total. The lowest BCUT2D eigenvalue weighted by molar-refractivity contribution is -0.127. The summed E-state index contributed by atoms with van der Waals surface area (Å²) in [5.74, 6) is 0.148. The lowest BCUT2D eigenvalue weighted by Gasteiger charge is -2.22. The van der Waals surface area contributed by atoms with Crippen molar-refractivity contribution < 1.29 is 9.59 Å². The number of pyridine rings is 1. The first kappa shape index (κ1) is 17.0. The third-order valence-electron chi connectivity index (χ3n) is 4.32. The van der Waals surface area contributed by atoms with Gasteiger partial charge in [0.25, 0.3) is 5.91 Å². The quantitative estimate of drug-likeness (QED) is 0.879. The summed E-state index contributed by atoms with van der Waals surface area (Å²) < 4.78 is 0. The summed E-state index contributed by atoms with van der Waals surface area (Å²) in [6.07, 6.45) is 4.99. The van der Waals surface area contributed by atoms with E-state index in [0.717, 1.165) is 24.3 Å². The van der Waals surface area contributed by atoms with Gasteiger partial charge in [-0.1, -0.05) is 0 Å². The van der Waals surface area contributed by atoms with Gasteiger partial charge in [-0.25, -0.2) is 0 Å². The Morgan fingerprint density at radius 1 is 1.16 bits per heavy atom. The largest absolute Gasteiger partial charge is 0.355 e. The number of amides is 2. The molecule has 130 valence electrons. The molecule has 6 heteroatoms. The molecule has 0 spiro atoms. The molecule has 1 fully saturated rings. The van der Waals surface area contributed by atoms with E-state index >= 15 is 0 Å². The highest BCUT2D eigenvalue weighted by Crippen LogP contribution is 2.17. The third kappa shape index (κ3) is 4.35. The Kier molecular flexibility index (Phi) is 5.28. The molecule has 2 heterocycles. The van der Waals surface area contributed by atoms with Crippen molar-refractivity contribution in [2.45, 2.75) is 12.8 Å². The van der Waals surface area contributed by atoms with Crippen molar-refractivity contribution >= 4 is 23.2 Å². The van der Waals surface area contributed by atoms with Gasteiger partial charge >= 0.3 is 0 Å². The van der Waals surface area contributed by atoms with Gasteiger partial charge in [0.2, 0.25) is 5.91 Å². The number of rotatable bonds is 6. The van der Waals surface area contributed by atoms with E-state index in [1.165, 1.54) is 0 Å². The van der Waals surface area contributed by atoms with Crippen molar-refractivity contribution in [2.75, 3.05) is 32.0 Å². The molecule has 2 amide bonds. The van der Waals surface area contributed by atoms with Gasteiger partial charge in [-0.2, -0.15) is 0 Å². The number of aromatic nitrogens is 1. The molecule has 1 aromatic heterocycles. The van der Waals surface area contributed by atoms with Crippen LogP contribution < -0.4 is 5.32 Å². The van der Waals surface area contributed by atoms with E-state index in [-0.39, 0.29) is 11.8 Å². The fourth-order valence-electron chi connectivity index (χ4n) is 2.83. The fourth-order valence-corrected chi connectivity index (χ4v) is 2.83. The fraction of sp³-hybridized carbons (Fsp3) is 0.316. The standard InChI is InChI=1S/C19H22N4O2/c1-22(13-14-23-12-2-3-18(23)24)19(25)15-4-6-16(7-5-15)21-17-8-10-20-11-9-17/h4-11H,2-3,12-14H2,1H3,(H,20,21). The zero-order valence-corrected chi connectivity index (χ0v) is 14.3. The minimum Gasteiger partial charge on any atom is -0.355 e. The van der Waals surface area contributed by atoms with Crippen LogP contribution >= 0.6 is 0 Å². The Morgan fingerprint density at radius 3 is 2.48 bits per heavy atom. The molecule has 0 aliphatic carbocycles. The second-order valence-corrected chi connectivity index (χ2v) is 6.15. The van der Waals surface area contributed by atoms with E-state index in [2.05, 4.69) is 10.3 Å². The minimum absolute atomic E-state index is 0.0397. The highest BCUT2D eigenvalue weighted by atomic mass is 16.2. The summed E-state index contributed by atoms with van der Waals surface area (Å²) in [5, 5.41) is 3.26. The van der Waals surface area contributed by atoms with E-state index in [1.807, 2.05) is 41.3 Å². The van der Waals surface area contributed by atoms with Gasteiger partial charge in [-0.05, 0) is 42.8 Å². The number of hydrogen-bond acceptors (Lipinski definition) is 4. The van der Waals surface area contributed by atoms with E-state index in [9.17, 15) is 9.59 Å². The van der Waals surface area contributed by atoms with Gasteiger partial charge < -0.3 is 15.1 Å². The molecule has 1 N–H and O–H groups in total. The summed E-state index contributed by atoms with van der Waals surface area (Å²) >= 11 is 0. The number of nitrogens with zero attached hydrogens (tertiary/aromatic N) is 3. The molecule has 1 aliphatic rings. The zero-order chi connectivity index (χ0) is 17.6. The lowest BCUT2D eigenvalue weighted by Crippen LogP contribution is -2.36. The first-order chi connectivity index (χ1) is 12.1. The summed E-state index contributed by atoms with van der Waals surface area (Å²) in [6, 6.07) is 11.1. The highest BCUT2D eigenvalue weighted by molar-refractivity contribution is 5.94. The average Bonchev–Trinajstić information content (AvgIpc) is 3.05. The molecule has 1 saturated heterocycles. The number of nitrogens with one attached hydrogen (secondary N) is 1. The van der Waals surface area contributed by atoms with Crippen LogP contribution in [0.5, 0.6) is 0 Å². The maximum atomic E-state index is 12.5. The predicted octanol–water partition coefficient (Wildman–Crippen LogP) is 2.52. The second-order valence-electron chi connectivity index (χ2n) is 6.15. The van der Waals surface area contributed by atoms with E-state index < -0.39 is 0 Å². The average molecular weight is 338 g/mol. The van der Waals surface area contributed by atoms with Crippen LogP contribution in [0.2, 0.25) is 0 Å². The molecule has 2 aromatic rings. The van der Waals surface area contributed by atoms with Crippen molar-refractivity contribution in [1.29, 1.82) is 0 Å². The van der Waals surface area contributed by atoms with Crippen molar-refractivity contribution in [3.63, 3.8) is 0 Å². The molecule has 0 saturated carbocycles. The molecule has 0 bridgehead atoms. The molecule has 0 radical (unpaired) electrons. The van der Waals surface area contributed by atoms with Crippen molar-refractivity contribution in [1.82, 2.24) is 14.8 Å². The maximum Gasteiger partial charge on any atom is 0.253 e. The Balaban J connectivity index is 1.55. The number of likely N-dealkylation sites (tertiary alicyclic amines) is 1. The molecule has 0 unspecified atom stereocenters. The molecular formula is C19H22N4O2. The minimum atomic E-state index is -0.0397. The van der Waals surface area contributed by atoms with Crippen LogP contribution in [0, 0.1) is 0 Å². The van der Waals surface area contributed by atoms with E-state index in [0.29, 0.717) is 25.1 Å². The molecule has 25 heavy (non-hydrogen) atoms.